The summed E-state index contributed by atoms with van der Waals surface area (Å²) in [4.78, 5) is 48.6. The van der Waals surface area contributed by atoms with E-state index in [4.69, 9.17) is 24.4 Å². The Kier molecular flexibility index (Phi) is 8.91. The summed E-state index contributed by atoms with van der Waals surface area (Å²) < 4.78 is 23.9. The number of quaternary nitrogens is 2. The van der Waals surface area contributed by atoms with E-state index >= 15 is 0 Å². The number of carbonyl (C=O) groups excluding carboxylic acids is 3. The SMILES string of the molecule is CCCOc1c2c(c(CO)c3c1C(=CC[NH+]1C=CNC1[NH+]1CN=C4C(=O)NC(=N)N=C41)C(C=O)=C(C(=O)OCC)O3)OC(C(C)(C)O)C2. The van der Waals surface area contributed by atoms with Crippen molar-refractivity contribution in [2.75, 3.05) is 26.4 Å². The summed E-state index contributed by atoms with van der Waals surface area (Å²) in [5.74, 6) is -0.855. The zero-order chi connectivity index (χ0) is 34.3. The third-order valence-corrected chi connectivity index (χ3v) is 8.61. The fourth-order valence-electron chi connectivity index (χ4n) is 6.33. The van der Waals surface area contributed by atoms with Crippen LogP contribution in [-0.4, -0.2) is 90.3 Å². The first-order chi connectivity index (χ1) is 23.0. The van der Waals surface area contributed by atoms with Gasteiger partial charge in [0.1, 0.15) is 36.1 Å². The van der Waals surface area contributed by atoms with Crippen LogP contribution in [0.25, 0.3) is 5.57 Å². The number of esters is 1. The number of rotatable bonds is 11. The van der Waals surface area contributed by atoms with Crippen molar-refractivity contribution < 1.29 is 53.3 Å². The van der Waals surface area contributed by atoms with E-state index in [9.17, 15) is 24.6 Å². The smallest absolute Gasteiger partial charge is 0.375 e. The minimum absolute atomic E-state index is 0.0279. The fourth-order valence-corrected chi connectivity index (χ4v) is 6.33. The number of carbonyl (C=O) groups is 3. The van der Waals surface area contributed by atoms with Crippen LogP contribution >= 0.6 is 0 Å². The molecule has 254 valence electrons. The van der Waals surface area contributed by atoms with Gasteiger partial charge < -0.3 is 29.2 Å². The van der Waals surface area contributed by atoms with E-state index in [2.05, 4.69) is 20.6 Å². The molecule has 0 saturated carbocycles. The second-order valence-electron chi connectivity index (χ2n) is 12.3. The molecular formula is C32H39N7O9+2. The standard InChI is InChI=1S/C32H37N7O9/c1-5-11-46-24-17-12-20(32(3,4)44)47-23(17)19(14-41)25-21(24)16(18(13-40)26(48-25)29(43)45-6-2)7-9-38-10-8-34-31(38)39-15-35-22-27(39)36-30(33)37-28(22)42/h7-8,10,13,20,31,34,41,44H,5-6,9,11-12,14-15H2,1-4H3,(H2,33,37,42)/p+2. The van der Waals surface area contributed by atoms with Crippen molar-refractivity contribution in [1.29, 1.82) is 5.41 Å². The number of fused-ring (bicyclic) bond motifs is 3. The van der Waals surface area contributed by atoms with E-state index in [1.54, 1.807) is 33.0 Å². The van der Waals surface area contributed by atoms with Gasteiger partial charge in [0.2, 0.25) is 17.4 Å². The zero-order valence-electron chi connectivity index (χ0n) is 27.1. The van der Waals surface area contributed by atoms with Crippen LogP contribution in [-0.2, 0) is 32.1 Å². The molecule has 4 unspecified atom stereocenters. The molecule has 48 heavy (non-hydrogen) atoms. The lowest BCUT2D eigenvalue weighted by Gasteiger charge is -2.29. The Morgan fingerprint density at radius 1 is 1.29 bits per heavy atom. The molecule has 16 heteroatoms. The Bertz CT molecular complexity index is 1740. The molecule has 0 aromatic heterocycles. The Hall–Kier alpha value is -4.90. The average Bonchev–Trinajstić information content (AvgIpc) is 3.80. The average molecular weight is 666 g/mol. The van der Waals surface area contributed by atoms with E-state index in [1.807, 2.05) is 13.1 Å². The Morgan fingerprint density at radius 3 is 2.77 bits per heavy atom. The molecule has 0 bridgehead atoms. The van der Waals surface area contributed by atoms with Crippen LogP contribution < -0.4 is 34.6 Å². The summed E-state index contributed by atoms with van der Waals surface area (Å²) in [6.07, 6.45) is 5.79. The van der Waals surface area contributed by atoms with Crippen molar-refractivity contribution >= 4 is 41.2 Å². The van der Waals surface area contributed by atoms with Crippen molar-refractivity contribution in [3.05, 3.63) is 46.5 Å². The first-order valence-corrected chi connectivity index (χ1v) is 15.8. The molecule has 0 spiro atoms. The number of nitrogens with one attached hydrogen (secondary N) is 5. The topological polar surface area (TPSA) is 210 Å². The molecule has 6 rings (SSSR count). The van der Waals surface area contributed by atoms with Gasteiger partial charge in [-0.15, -0.1) is 0 Å². The van der Waals surface area contributed by atoms with Gasteiger partial charge in [0, 0.05) is 17.6 Å². The van der Waals surface area contributed by atoms with Gasteiger partial charge in [0.25, 0.3) is 11.7 Å². The van der Waals surface area contributed by atoms with Gasteiger partial charge in [-0.2, -0.15) is 9.89 Å². The second kappa shape index (κ2) is 13.0. The van der Waals surface area contributed by atoms with Gasteiger partial charge in [0.15, 0.2) is 13.0 Å². The maximum atomic E-state index is 13.2. The van der Waals surface area contributed by atoms with Crippen molar-refractivity contribution in [3.63, 3.8) is 0 Å². The largest absolute Gasteiger partial charge is 0.492 e. The second-order valence-corrected chi connectivity index (χ2v) is 12.3. The fraction of sp³-hybridized carbons (Fsp3) is 0.438. The number of aliphatic hydroxyl groups excluding tert-OH is 1. The highest BCUT2D eigenvalue weighted by molar-refractivity contribution is 6.68. The number of hydrogen-bond donors (Lipinski definition) is 7. The summed E-state index contributed by atoms with van der Waals surface area (Å²) in [6.45, 7) is 7.10. The lowest BCUT2D eigenvalue weighted by Crippen LogP contribution is -3.36. The highest BCUT2D eigenvalue weighted by Gasteiger charge is 2.47. The van der Waals surface area contributed by atoms with Crippen LogP contribution in [0, 0.1) is 5.41 Å². The summed E-state index contributed by atoms with van der Waals surface area (Å²) in [5, 5.41) is 35.1. The molecule has 7 N–H and O–H groups in total. The Labute approximate surface area is 275 Å². The number of amidine groups is 1. The van der Waals surface area contributed by atoms with E-state index in [-0.39, 0.29) is 60.6 Å². The highest BCUT2D eigenvalue weighted by atomic mass is 16.6. The van der Waals surface area contributed by atoms with Crippen LogP contribution in [0.15, 0.2) is 39.8 Å². The van der Waals surface area contributed by atoms with Crippen LogP contribution in [0.3, 0.4) is 0 Å². The Morgan fingerprint density at radius 2 is 2.08 bits per heavy atom. The number of ether oxygens (including phenoxy) is 4. The normalized spacial score (nSPS) is 24.9. The number of benzene rings is 1. The first-order valence-electron chi connectivity index (χ1n) is 15.8. The van der Waals surface area contributed by atoms with Gasteiger partial charge in [-0.05, 0) is 33.3 Å². The maximum Gasteiger partial charge on any atom is 0.375 e. The number of nitrogens with zero attached hydrogens (tertiary/aromatic N) is 2. The number of amides is 1. The van der Waals surface area contributed by atoms with Gasteiger partial charge in [-0.25, -0.2) is 14.7 Å². The zero-order valence-corrected chi connectivity index (χ0v) is 27.1. The van der Waals surface area contributed by atoms with Crippen molar-refractivity contribution in [1.82, 2.24) is 10.6 Å². The molecule has 1 amide bonds. The number of aliphatic hydroxyl groups is 2. The predicted molar refractivity (Wildman–Crippen MR) is 169 cm³/mol. The molecule has 4 atom stereocenters. The van der Waals surface area contributed by atoms with E-state index in [0.717, 1.165) is 9.80 Å². The minimum Gasteiger partial charge on any atom is -0.492 e. The molecule has 5 heterocycles. The van der Waals surface area contributed by atoms with E-state index < -0.39 is 36.5 Å². The Balaban J connectivity index is 1.47. The van der Waals surface area contributed by atoms with Crippen LogP contribution in [0.2, 0.25) is 0 Å². The number of hydrogen-bond acceptors (Lipinski definition) is 12. The summed E-state index contributed by atoms with van der Waals surface area (Å²) in [6, 6.07) is 0. The lowest BCUT2D eigenvalue weighted by atomic mass is 9.87. The van der Waals surface area contributed by atoms with Crippen molar-refractivity contribution in [2.24, 2.45) is 9.98 Å². The minimum atomic E-state index is -1.24. The lowest BCUT2D eigenvalue weighted by molar-refractivity contribution is -1.05. The van der Waals surface area contributed by atoms with Crippen molar-refractivity contribution in [2.45, 2.75) is 65.1 Å². The van der Waals surface area contributed by atoms with Gasteiger partial charge in [0.05, 0.1) is 48.3 Å². The molecule has 5 aliphatic heterocycles. The summed E-state index contributed by atoms with van der Waals surface area (Å²) in [7, 11) is 0. The molecule has 0 radical (unpaired) electrons. The third-order valence-electron chi connectivity index (χ3n) is 8.61. The quantitative estimate of drug-likeness (QED) is 0.101. The third kappa shape index (κ3) is 5.66. The van der Waals surface area contributed by atoms with Gasteiger partial charge >= 0.3 is 12.3 Å². The van der Waals surface area contributed by atoms with Crippen molar-refractivity contribution in [3.8, 4) is 17.2 Å². The van der Waals surface area contributed by atoms with Crippen LogP contribution in [0.5, 0.6) is 17.2 Å². The number of guanidine groups is 1. The van der Waals surface area contributed by atoms with E-state index in [0.29, 0.717) is 53.3 Å². The molecule has 16 nitrogen and oxygen atoms in total. The number of aliphatic imine (C=N–C) groups is 2. The number of aldehydes is 1. The monoisotopic (exact) mass is 665 g/mol. The predicted octanol–water partition coefficient (Wildman–Crippen LogP) is -2.16. The molecule has 1 aromatic rings. The maximum absolute atomic E-state index is 13.2. The highest BCUT2D eigenvalue weighted by Crippen LogP contribution is 2.54. The first kappa shape index (κ1) is 33.0. The molecule has 0 fully saturated rings. The molecule has 5 aliphatic rings. The van der Waals surface area contributed by atoms with Gasteiger partial charge in [-0.1, -0.05) is 6.92 Å². The molecule has 0 aliphatic carbocycles. The molecular weight excluding hydrogens is 626 g/mol. The molecule has 0 saturated heterocycles. The number of allylic oxidation sites excluding steroid dienone is 2. The van der Waals surface area contributed by atoms with Gasteiger partial charge in [-0.3, -0.25) is 25.6 Å². The summed E-state index contributed by atoms with van der Waals surface area (Å²) in [5.41, 5.74) is 0.418. The molecule has 1 aromatic carbocycles. The van der Waals surface area contributed by atoms with Crippen LogP contribution in [0.1, 0.15) is 50.8 Å². The van der Waals surface area contributed by atoms with Crippen LogP contribution in [0.4, 0.5) is 0 Å². The van der Waals surface area contributed by atoms with E-state index in [1.165, 1.54) is 0 Å². The summed E-state index contributed by atoms with van der Waals surface area (Å²) >= 11 is 0.